The van der Waals surface area contributed by atoms with Crippen molar-refractivity contribution in [2.75, 3.05) is 11.1 Å². The molecule has 2 aromatic carbocycles. The maximum atomic E-state index is 13.5. The first-order valence-electron chi connectivity index (χ1n) is 7.01. The molecular formula is C16H14FN3O2S. The molecule has 0 aliphatic rings. The van der Waals surface area contributed by atoms with Gasteiger partial charge in [0.05, 0.1) is 11.0 Å². The van der Waals surface area contributed by atoms with Crippen molar-refractivity contribution in [1.82, 2.24) is 9.97 Å². The number of hydrogen-bond acceptors (Lipinski definition) is 3. The van der Waals surface area contributed by atoms with Crippen molar-refractivity contribution >= 4 is 34.4 Å². The smallest absolute Gasteiger partial charge is 0.323 e. The van der Waals surface area contributed by atoms with Crippen molar-refractivity contribution in [2.45, 2.75) is 11.3 Å². The molecule has 0 aliphatic carbocycles. The minimum atomic E-state index is -0.287. The lowest BCUT2D eigenvalue weighted by molar-refractivity contribution is -0.115. The zero-order valence-electron chi connectivity index (χ0n) is 12.1. The number of aromatic nitrogens is 2. The van der Waals surface area contributed by atoms with Gasteiger partial charge in [-0.2, -0.15) is 0 Å². The van der Waals surface area contributed by atoms with Crippen LogP contribution in [-0.4, -0.2) is 21.6 Å². The second-order valence-electron chi connectivity index (χ2n) is 4.92. The van der Waals surface area contributed by atoms with Gasteiger partial charge in [0.1, 0.15) is 5.82 Å². The third kappa shape index (κ3) is 3.81. The van der Waals surface area contributed by atoms with Crippen LogP contribution in [0.2, 0.25) is 0 Å². The largest absolute Gasteiger partial charge is 0.326 e. The molecule has 0 saturated carbocycles. The molecule has 1 amide bonds. The molecular weight excluding hydrogens is 317 g/mol. The van der Waals surface area contributed by atoms with Crippen LogP contribution in [0.3, 0.4) is 0 Å². The van der Waals surface area contributed by atoms with Crippen LogP contribution in [-0.2, 0) is 4.79 Å². The van der Waals surface area contributed by atoms with Gasteiger partial charge >= 0.3 is 5.69 Å². The van der Waals surface area contributed by atoms with E-state index in [0.29, 0.717) is 27.4 Å². The molecule has 3 aromatic rings. The fraction of sp³-hybridized carbons (Fsp3) is 0.125. The third-order valence-electron chi connectivity index (χ3n) is 3.22. The maximum absolute atomic E-state index is 13.5. The number of anilines is 1. The number of H-pyrrole nitrogens is 2. The Morgan fingerprint density at radius 1 is 1.13 bits per heavy atom. The minimum absolute atomic E-state index is 0.161. The number of nitrogens with one attached hydrogen (secondary N) is 3. The van der Waals surface area contributed by atoms with E-state index in [9.17, 15) is 14.0 Å². The highest BCUT2D eigenvalue weighted by molar-refractivity contribution is 7.99. The first-order chi connectivity index (χ1) is 11.1. The zero-order chi connectivity index (χ0) is 16.2. The minimum Gasteiger partial charge on any atom is -0.326 e. The van der Waals surface area contributed by atoms with Crippen LogP contribution in [0.15, 0.2) is 52.2 Å². The van der Waals surface area contributed by atoms with Crippen molar-refractivity contribution in [3.63, 3.8) is 0 Å². The second-order valence-corrected chi connectivity index (χ2v) is 6.05. The van der Waals surface area contributed by atoms with Crippen molar-refractivity contribution in [3.05, 3.63) is 58.8 Å². The van der Waals surface area contributed by atoms with Crippen LogP contribution in [0.5, 0.6) is 0 Å². The quantitative estimate of drug-likeness (QED) is 0.629. The first-order valence-corrected chi connectivity index (χ1v) is 7.99. The molecule has 0 saturated heterocycles. The Balaban J connectivity index is 1.56. The predicted octanol–water partition coefficient (Wildman–Crippen LogP) is 3.12. The van der Waals surface area contributed by atoms with E-state index in [1.54, 1.807) is 36.4 Å². The van der Waals surface area contributed by atoms with Gasteiger partial charge in [-0.15, -0.1) is 11.8 Å². The van der Waals surface area contributed by atoms with E-state index in [4.69, 9.17) is 0 Å². The number of thioether (sulfide) groups is 1. The summed E-state index contributed by atoms with van der Waals surface area (Å²) in [6.45, 7) is 0. The van der Waals surface area contributed by atoms with Crippen molar-refractivity contribution in [3.8, 4) is 0 Å². The third-order valence-corrected chi connectivity index (χ3v) is 4.27. The van der Waals surface area contributed by atoms with Crippen LogP contribution in [0.1, 0.15) is 6.42 Å². The number of amides is 1. The normalized spacial score (nSPS) is 10.8. The summed E-state index contributed by atoms with van der Waals surface area (Å²) < 4.78 is 13.5. The van der Waals surface area contributed by atoms with Crippen LogP contribution in [0, 0.1) is 5.82 Å². The topological polar surface area (TPSA) is 77.8 Å². The van der Waals surface area contributed by atoms with E-state index < -0.39 is 0 Å². The molecule has 0 fully saturated rings. The van der Waals surface area contributed by atoms with E-state index >= 15 is 0 Å². The molecule has 0 aliphatic heterocycles. The molecule has 0 bridgehead atoms. The summed E-state index contributed by atoms with van der Waals surface area (Å²) in [6.07, 6.45) is 0.265. The number of fused-ring (bicyclic) bond motifs is 1. The lowest BCUT2D eigenvalue weighted by Crippen LogP contribution is -2.12. The molecule has 7 heteroatoms. The van der Waals surface area contributed by atoms with Gasteiger partial charge in [-0.3, -0.25) is 4.79 Å². The van der Waals surface area contributed by atoms with Crippen LogP contribution < -0.4 is 11.0 Å². The van der Waals surface area contributed by atoms with Gasteiger partial charge in [0.15, 0.2) is 0 Å². The van der Waals surface area contributed by atoms with Gasteiger partial charge in [-0.25, -0.2) is 9.18 Å². The molecule has 0 spiro atoms. The van der Waals surface area contributed by atoms with Gasteiger partial charge < -0.3 is 15.3 Å². The molecule has 3 rings (SSSR count). The van der Waals surface area contributed by atoms with E-state index in [2.05, 4.69) is 15.3 Å². The second kappa shape index (κ2) is 6.70. The molecule has 23 heavy (non-hydrogen) atoms. The fourth-order valence-electron chi connectivity index (χ4n) is 2.15. The maximum Gasteiger partial charge on any atom is 0.323 e. The monoisotopic (exact) mass is 331 g/mol. The highest BCUT2D eigenvalue weighted by Crippen LogP contribution is 2.22. The van der Waals surface area contributed by atoms with Crippen molar-refractivity contribution < 1.29 is 9.18 Å². The van der Waals surface area contributed by atoms with E-state index in [1.807, 2.05) is 0 Å². The molecule has 0 unspecified atom stereocenters. The SMILES string of the molecule is O=C(CCSc1ccccc1F)Nc1ccc2[nH]c(=O)[nH]c2c1. The predicted molar refractivity (Wildman–Crippen MR) is 89.3 cm³/mol. The highest BCUT2D eigenvalue weighted by Gasteiger charge is 2.06. The average Bonchev–Trinajstić information content (AvgIpc) is 2.88. The standard InChI is InChI=1S/C16H14FN3O2S/c17-11-3-1-2-4-14(11)23-8-7-15(21)18-10-5-6-12-13(9-10)20-16(22)19-12/h1-6,9H,7-8H2,(H,18,21)(H2,19,20,22). The zero-order valence-corrected chi connectivity index (χ0v) is 12.9. The number of carbonyl (C=O) groups excluding carboxylic acids is 1. The van der Waals surface area contributed by atoms with E-state index in [1.165, 1.54) is 17.8 Å². The lowest BCUT2D eigenvalue weighted by Gasteiger charge is -2.06. The number of imidazole rings is 1. The van der Waals surface area contributed by atoms with Crippen molar-refractivity contribution in [1.29, 1.82) is 0 Å². The number of aromatic amines is 2. The first kappa shape index (κ1) is 15.4. The molecule has 3 N–H and O–H groups in total. The van der Waals surface area contributed by atoms with Gasteiger partial charge in [0, 0.05) is 22.8 Å². The van der Waals surface area contributed by atoms with E-state index in [0.717, 1.165) is 0 Å². The Morgan fingerprint density at radius 2 is 1.91 bits per heavy atom. The average molecular weight is 331 g/mol. The fourth-order valence-corrected chi connectivity index (χ4v) is 3.04. The summed E-state index contributed by atoms with van der Waals surface area (Å²) in [5, 5.41) is 2.76. The molecule has 0 atom stereocenters. The summed E-state index contributed by atoms with van der Waals surface area (Å²) in [5.74, 6) is 0.0431. The summed E-state index contributed by atoms with van der Waals surface area (Å²) >= 11 is 1.30. The molecule has 118 valence electrons. The van der Waals surface area contributed by atoms with Crippen molar-refractivity contribution in [2.24, 2.45) is 0 Å². The van der Waals surface area contributed by atoms with Gasteiger partial charge in [0.2, 0.25) is 5.91 Å². The van der Waals surface area contributed by atoms with Gasteiger partial charge in [0.25, 0.3) is 0 Å². The molecule has 0 radical (unpaired) electrons. The Morgan fingerprint density at radius 3 is 2.74 bits per heavy atom. The number of carbonyl (C=O) groups is 1. The van der Waals surface area contributed by atoms with Crippen LogP contribution in [0.25, 0.3) is 11.0 Å². The van der Waals surface area contributed by atoms with E-state index in [-0.39, 0.29) is 23.8 Å². The summed E-state index contributed by atoms with van der Waals surface area (Å²) in [4.78, 5) is 28.9. The molecule has 1 heterocycles. The summed E-state index contributed by atoms with van der Waals surface area (Å²) in [7, 11) is 0. The Kier molecular flexibility index (Phi) is 4.47. The molecule has 5 nitrogen and oxygen atoms in total. The van der Waals surface area contributed by atoms with Gasteiger partial charge in [-0.05, 0) is 30.3 Å². The van der Waals surface area contributed by atoms with Gasteiger partial charge in [-0.1, -0.05) is 12.1 Å². The van der Waals surface area contributed by atoms with Crippen LogP contribution >= 0.6 is 11.8 Å². The Bertz CT molecular complexity index is 903. The number of rotatable bonds is 5. The number of hydrogen-bond donors (Lipinski definition) is 3. The molecule has 1 aromatic heterocycles. The van der Waals surface area contributed by atoms with Crippen LogP contribution in [0.4, 0.5) is 10.1 Å². The lowest BCUT2D eigenvalue weighted by atomic mass is 10.2. The summed E-state index contributed by atoms with van der Waals surface area (Å²) in [5.41, 5.74) is 1.63. The number of benzene rings is 2. The number of halogens is 1. The Hall–Kier alpha value is -2.54. The Labute approximate surface area is 135 Å². The highest BCUT2D eigenvalue weighted by atomic mass is 32.2. The summed E-state index contributed by atoms with van der Waals surface area (Å²) in [6, 6.07) is 11.6.